The zero-order valence-electron chi connectivity index (χ0n) is 18.9. The zero-order chi connectivity index (χ0) is 24.6. The molecule has 9 heteroatoms. The summed E-state index contributed by atoms with van der Waals surface area (Å²) in [6.45, 7) is 2.19. The number of carbonyl (C=O) groups excluding carboxylic acids is 1. The molecular weight excluding hydrogens is 456 g/mol. The Morgan fingerprint density at radius 1 is 1.15 bits per heavy atom. The van der Waals surface area contributed by atoms with E-state index in [1.165, 1.54) is 12.4 Å². The minimum atomic E-state index is -3.76. The Kier molecular flexibility index (Phi) is 6.27. The first-order valence-corrected chi connectivity index (χ1v) is 12.6. The Balaban J connectivity index is 1.50. The molecule has 0 unspecified atom stereocenters. The number of nitrogens with zero attached hydrogens (tertiary/aromatic N) is 1. The summed E-state index contributed by atoms with van der Waals surface area (Å²) >= 11 is 0. The molecule has 8 nitrogen and oxygen atoms in total. The fraction of sp³-hybridized carbons (Fsp3) is 0.320. The number of hydroxylamine groups is 1. The summed E-state index contributed by atoms with van der Waals surface area (Å²) in [6.07, 6.45) is 2.81. The normalized spacial score (nSPS) is 16.7. The van der Waals surface area contributed by atoms with Crippen LogP contribution in [0, 0.1) is 11.8 Å². The number of nitrogens with one attached hydrogen (secondary N) is 1. The van der Waals surface area contributed by atoms with Gasteiger partial charge < -0.3 is 14.4 Å². The van der Waals surface area contributed by atoms with Gasteiger partial charge in [-0.25, -0.2) is 13.9 Å². The molecule has 1 fully saturated rings. The van der Waals surface area contributed by atoms with E-state index in [0.717, 1.165) is 33.8 Å². The lowest BCUT2D eigenvalue weighted by molar-refractivity contribution is -0.184. The van der Waals surface area contributed by atoms with E-state index in [9.17, 15) is 18.3 Å². The summed E-state index contributed by atoms with van der Waals surface area (Å²) in [5.74, 6) is 5.31. The number of hydrogen-bond acceptors (Lipinski definition) is 6. The van der Waals surface area contributed by atoms with Gasteiger partial charge in [-0.2, -0.15) is 0 Å². The van der Waals surface area contributed by atoms with Crippen LogP contribution in [0.3, 0.4) is 0 Å². The lowest BCUT2D eigenvalue weighted by atomic mass is 9.91. The average Bonchev–Trinajstić information content (AvgIpc) is 3.21. The number of sulfone groups is 1. The Hall–Kier alpha value is -3.16. The van der Waals surface area contributed by atoms with E-state index in [2.05, 4.69) is 11.8 Å². The summed E-state index contributed by atoms with van der Waals surface area (Å²) in [4.78, 5) is 12.0. The monoisotopic (exact) mass is 482 g/mol. The smallest absolute Gasteiger partial charge is 0.264 e. The van der Waals surface area contributed by atoms with E-state index < -0.39 is 26.1 Å². The van der Waals surface area contributed by atoms with Crippen molar-refractivity contribution in [2.24, 2.45) is 0 Å². The molecular formula is C25H26N2O6S. The van der Waals surface area contributed by atoms with Gasteiger partial charge in [-0.1, -0.05) is 24.0 Å². The number of benzene rings is 2. The second-order valence-electron chi connectivity index (χ2n) is 8.83. The van der Waals surface area contributed by atoms with Crippen molar-refractivity contribution in [1.29, 1.82) is 0 Å². The van der Waals surface area contributed by atoms with Crippen molar-refractivity contribution in [2.45, 2.75) is 30.2 Å². The molecule has 34 heavy (non-hydrogen) atoms. The predicted molar refractivity (Wildman–Crippen MR) is 127 cm³/mol. The molecule has 1 amide bonds. The Bertz CT molecular complexity index is 1390. The maximum Gasteiger partial charge on any atom is 0.264 e. The van der Waals surface area contributed by atoms with Crippen LogP contribution < -0.4 is 5.48 Å². The van der Waals surface area contributed by atoms with Gasteiger partial charge in [-0.15, -0.1) is 0 Å². The molecule has 1 atom stereocenters. The van der Waals surface area contributed by atoms with Crippen LogP contribution >= 0.6 is 0 Å². The molecule has 0 bridgehead atoms. The van der Waals surface area contributed by atoms with Crippen LogP contribution in [0.25, 0.3) is 10.9 Å². The lowest BCUT2D eigenvalue weighted by Crippen LogP contribution is -2.49. The summed E-state index contributed by atoms with van der Waals surface area (Å²) in [7, 11) is -3.76. The van der Waals surface area contributed by atoms with Crippen LogP contribution in [0.1, 0.15) is 30.0 Å². The third-order valence-corrected chi connectivity index (χ3v) is 8.48. The molecule has 4 rings (SSSR count). The molecule has 1 aliphatic heterocycles. The molecule has 178 valence electrons. The van der Waals surface area contributed by atoms with Crippen molar-refractivity contribution >= 4 is 26.6 Å². The fourth-order valence-corrected chi connectivity index (χ4v) is 4.71. The van der Waals surface area contributed by atoms with Gasteiger partial charge >= 0.3 is 0 Å². The molecule has 0 spiro atoms. The van der Waals surface area contributed by atoms with Crippen molar-refractivity contribution in [2.75, 3.05) is 19.5 Å². The Morgan fingerprint density at radius 3 is 2.38 bits per heavy atom. The highest BCUT2D eigenvalue weighted by molar-refractivity contribution is 7.92. The first-order valence-electron chi connectivity index (χ1n) is 10.7. The van der Waals surface area contributed by atoms with Gasteiger partial charge in [0.05, 0.1) is 13.2 Å². The number of aryl methyl sites for hydroxylation is 1. The summed E-state index contributed by atoms with van der Waals surface area (Å²) in [6, 6.07) is 15.1. The standard InChI is InChI=1S/C25H26N2O6S/c1-24(23(28)26-30,34(2,31)32)12-14-27-13-11-20-15-19(7-10-22(20)27)4-3-18-5-8-21(9-6-18)25(29)16-33-17-25/h5-11,13,15,29-30H,12,14,16-17H2,1-2H3,(H,26,28)/t24-/m1/s1. The van der Waals surface area contributed by atoms with Crippen molar-refractivity contribution in [1.82, 2.24) is 10.0 Å². The highest BCUT2D eigenvalue weighted by Crippen LogP contribution is 2.29. The quantitative estimate of drug-likeness (QED) is 0.281. The topological polar surface area (TPSA) is 118 Å². The number of carbonyl (C=O) groups is 1. The van der Waals surface area contributed by atoms with Crippen LogP contribution in [0.15, 0.2) is 54.7 Å². The Labute approximate surface area is 198 Å². The largest absolute Gasteiger partial charge is 0.380 e. The number of aliphatic hydroxyl groups is 1. The third kappa shape index (κ3) is 4.45. The van der Waals surface area contributed by atoms with Gasteiger partial charge in [0.1, 0.15) is 5.60 Å². The van der Waals surface area contributed by atoms with Gasteiger partial charge in [-0.05, 0) is 55.3 Å². The second-order valence-corrected chi connectivity index (χ2v) is 11.3. The van der Waals surface area contributed by atoms with Gasteiger partial charge in [0.2, 0.25) is 0 Å². The van der Waals surface area contributed by atoms with E-state index in [1.54, 1.807) is 0 Å². The first-order chi connectivity index (χ1) is 16.1. The molecule has 3 aromatic rings. The van der Waals surface area contributed by atoms with E-state index in [4.69, 9.17) is 9.94 Å². The van der Waals surface area contributed by atoms with Gasteiger partial charge in [0.25, 0.3) is 5.91 Å². The summed E-state index contributed by atoms with van der Waals surface area (Å²) in [5.41, 5.74) is 3.91. The molecule has 1 saturated heterocycles. The van der Waals surface area contributed by atoms with E-state index >= 15 is 0 Å². The van der Waals surface area contributed by atoms with Crippen molar-refractivity contribution in [3.05, 3.63) is 71.4 Å². The molecule has 0 radical (unpaired) electrons. The second kappa shape index (κ2) is 8.89. The number of aromatic nitrogens is 1. The molecule has 2 heterocycles. The number of ether oxygens (including phenoxy) is 1. The summed E-state index contributed by atoms with van der Waals surface area (Å²) < 4.78 is 29.6. The maximum atomic E-state index is 12.2. The number of rotatable bonds is 6. The molecule has 0 aliphatic carbocycles. The van der Waals surface area contributed by atoms with Crippen LogP contribution in [0.2, 0.25) is 0 Å². The van der Waals surface area contributed by atoms with Crippen molar-refractivity contribution in [3.8, 4) is 11.8 Å². The van der Waals surface area contributed by atoms with Crippen molar-refractivity contribution < 1.29 is 28.3 Å². The average molecular weight is 483 g/mol. The van der Waals surface area contributed by atoms with Gasteiger partial charge in [-0.3, -0.25) is 10.0 Å². The minimum absolute atomic E-state index is 0.000803. The third-order valence-electron chi connectivity index (χ3n) is 6.46. The van der Waals surface area contributed by atoms with Crippen LogP contribution in [0.4, 0.5) is 0 Å². The number of hydrogen-bond donors (Lipinski definition) is 3. The molecule has 2 aromatic carbocycles. The summed E-state index contributed by atoms with van der Waals surface area (Å²) in [5, 5.41) is 20.2. The van der Waals surface area contributed by atoms with Gasteiger partial charge in [0, 0.05) is 41.0 Å². The van der Waals surface area contributed by atoms with E-state index in [1.807, 2.05) is 59.3 Å². The molecule has 0 saturated carbocycles. The highest BCUT2D eigenvalue weighted by atomic mass is 32.2. The van der Waals surface area contributed by atoms with Crippen LogP contribution in [-0.2, 0) is 31.5 Å². The maximum absolute atomic E-state index is 12.2. The van der Waals surface area contributed by atoms with Crippen LogP contribution in [0.5, 0.6) is 0 Å². The van der Waals surface area contributed by atoms with Gasteiger partial charge in [0.15, 0.2) is 14.6 Å². The van der Waals surface area contributed by atoms with E-state index in [-0.39, 0.29) is 13.0 Å². The Morgan fingerprint density at radius 2 is 1.79 bits per heavy atom. The molecule has 1 aromatic heterocycles. The lowest BCUT2D eigenvalue weighted by Gasteiger charge is -2.36. The van der Waals surface area contributed by atoms with E-state index in [0.29, 0.717) is 13.2 Å². The minimum Gasteiger partial charge on any atom is -0.380 e. The predicted octanol–water partition coefficient (Wildman–Crippen LogP) is 1.96. The number of fused-ring (bicyclic) bond motifs is 1. The SMILES string of the molecule is C[C@@](CCn1ccc2cc(C#Cc3ccc(C4(O)COC4)cc3)ccc21)(C(=O)NO)S(C)(=O)=O. The molecule has 1 aliphatic rings. The number of amides is 1. The van der Waals surface area contributed by atoms with Crippen molar-refractivity contribution in [3.63, 3.8) is 0 Å². The first kappa shape index (κ1) is 24.0. The highest BCUT2D eigenvalue weighted by Gasteiger charge is 2.43. The zero-order valence-corrected chi connectivity index (χ0v) is 19.7. The molecule has 3 N–H and O–H groups in total. The van der Waals surface area contributed by atoms with Crippen LogP contribution in [-0.4, -0.2) is 53.4 Å². The fourth-order valence-electron chi connectivity index (χ4n) is 3.86.